The predicted octanol–water partition coefficient (Wildman–Crippen LogP) is 1.60. The minimum Gasteiger partial charge on any atom is -0.397 e. The number of para-hydroxylation sites is 2. The molecule has 2 aromatic rings. The Hall–Kier alpha value is -2.05. The normalized spacial score (nSPS) is 11.3. The molecule has 0 bridgehead atoms. The Bertz CT molecular complexity index is 687. The number of hydrogen-bond donors (Lipinski definition) is 2. The SMILES string of the molecule is Nc1ccccc1N(CCO)S(=O)(=O)Cc1ccccc1. The van der Waals surface area contributed by atoms with Gasteiger partial charge in [-0.05, 0) is 17.7 Å². The van der Waals surface area contributed by atoms with Gasteiger partial charge in [0.25, 0.3) is 0 Å². The van der Waals surface area contributed by atoms with Crippen molar-refractivity contribution in [2.45, 2.75) is 5.75 Å². The van der Waals surface area contributed by atoms with E-state index in [9.17, 15) is 13.5 Å². The number of nitrogen functional groups attached to an aromatic ring is 1. The van der Waals surface area contributed by atoms with Gasteiger partial charge in [-0.1, -0.05) is 42.5 Å². The molecule has 0 spiro atoms. The molecule has 0 unspecified atom stereocenters. The third-order valence-electron chi connectivity index (χ3n) is 3.04. The number of anilines is 2. The van der Waals surface area contributed by atoms with E-state index in [0.29, 0.717) is 16.9 Å². The molecule has 21 heavy (non-hydrogen) atoms. The second-order valence-corrected chi connectivity index (χ2v) is 6.49. The van der Waals surface area contributed by atoms with Crippen LogP contribution in [0.25, 0.3) is 0 Å². The van der Waals surface area contributed by atoms with Crippen molar-refractivity contribution in [3.8, 4) is 0 Å². The van der Waals surface area contributed by atoms with E-state index in [2.05, 4.69) is 0 Å². The first-order valence-electron chi connectivity index (χ1n) is 6.54. The van der Waals surface area contributed by atoms with Gasteiger partial charge in [0.15, 0.2) is 0 Å². The molecule has 0 saturated heterocycles. The van der Waals surface area contributed by atoms with Crippen molar-refractivity contribution in [2.75, 3.05) is 23.2 Å². The van der Waals surface area contributed by atoms with Gasteiger partial charge in [-0.2, -0.15) is 0 Å². The van der Waals surface area contributed by atoms with Crippen molar-refractivity contribution in [2.24, 2.45) is 0 Å². The van der Waals surface area contributed by atoms with E-state index in [0.717, 1.165) is 4.31 Å². The van der Waals surface area contributed by atoms with E-state index in [-0.39, 0.29) is 18.9 Å². The molecule has 0 heterocycles. The lowest BCUT2D eigenvalue weighted by atomic mass is 10.2. The Morgan fingerprint density at radius 3 is 2.24 bits per heavy atom. The van der Waals surface area contributed by atoms with Gasteiger partial charge < -0.3 is 10.8 Å². The van der Waals surface area contributed by atoms with E-state index < -0.39 is 10.0 Å². The average Bonchev–Trinajstić information content (AvgIpc) is 2.46. The van der Waals surface area contributed by atoms with E-state index in [1.807, 2.05) is 6.07 Å². The third kappa shape index (κ3) is 3.74. The average molecular weight is 306 g/mol. The second-order valence-electron chi connectivity index (χ2n) is 4.60. The third-order valence-corrected chi connectivity index (χ3v) is 4.79. The number of sulfonamides is 1. The topological polar surface area (TPSA) is 83.6 Å². The molecule has 0 saturated carbocycles. The quantitative estimate of drug-likeness (QED) is 0.794. The number of aliphatic hydroxyl groups excluding tert-OH is 1. The van der Waals surface area contributed by atoms with Crippen LogP contribution in [0.4, 0.5) is 11.4 Å². The van der Waals surface area contributed by atoms with Crippen molar-refractivity contribution in [1.82, 2.24) is 0 Å². The van der Waals surface area contributed by atoms with Gasteiger partial charge in [0, 0.05) is 0 Å². The highest BCUT2D eigenvalue weighted by Crippen LogP contribution is 2.26. The fourth-order valence-corrected chi connectivity index (χ4v) is 3.67. The minimum atomic E-state index is -3.62. The standard InChI is InChI=1S/C15H18N2O3S/c16-14-8-4-5-9-15(14)17(10-11-18)21(19,20)12-13-6-2-1-3-7-13/h1-9,18H,10-12,16H2. The molecule has 0 aromatic heterocycles. The second kappa shape index (κ2) is 6.60. The summed E-state index contributed by atoms with van der Waals surface area (Å²) in [4.78, 5) is 0. The molecule has 0 aliphatic heterocycles. The van der Waals surface area contributed by atoms with Gasteiger partial charge in [-0.3, -0.25) is 4.31 Å². The number of hydrogen-bond acceptors (Lipinski definition) is 4. The van der Waals surface area contributed by atoms with Crippen molar-refractivity contribution in [3.63, 3.8) is 0 Å². The summed E-state index contributed by atoms with van der Waals surface area (Å²) in [5.41, 5.74) is 7.30. The molecule has 112 valence electrons. The maximum absolute atomic E-state index is 12.6. The Labute approximate surface area is 124 Å². The highest BCUT2D eigenvalue weighted by molar-refractivity contribution is 7.92. The van der Waals surface area contributed by atoms with Crippen molar-refractivity contribution >= 4 is 21.4 Å². The smallest absolute Gasteiger partial charge is 0.239 e. The van der Waals surface area contributed by atoms with E-state index >= 15 is 0 Å². The molecular weight excluding hydrogens is 288 g/mol. The molecule has 0 aliphatic carbocycles. The summed E-state index contributed by atoms with van der Waals surface area (Å²) < 4.78 is 26.4. The number of benzene rings is 2. The molecular formula is C15H18N2O3S. The Morgan fingerprint density at radius 1 is 1.00 bits per heavy atom. The molecule has 2 rings (SSSR count). The number of rotatable bonds is 6. The first kappa shape index (κ1) is 15.3. The Kier molecular flexibility index (Phi) is 4.82. The summed E-state index contributed by atoms with van der Waals surface area (Å²) in [5.74, 6) is -0.137. The van der Waals surface area contributed by atoms with E-state index in [1.54, 1.807) is 48.5 Å². The summed E-state index contributed by atoms with van der Waals surface area (Å²) in [6.07, 6.45) is 0. The summed E-state index contributed by atoms with van der Waals surface area (Å²) in [5, 5.41) is 9.17. The van der Waals surface area contributed by atoms with Crippen LogP contribution in [-0.2, 0) is 15.8 Å². The summed E-state index contributed by atoms with van der Waals surface area (Å²) >= 11 is 0. The molecule has 6 heteroatoms. The zero-order valence-corrected chi connectivity index (χ0v) is 12.3. The largest absolute Gasteiger partial charge is 0.397 e. The van der Waals surface area contributed by atoms with E-state index in [4.69, 9.17) is 5.73 Å². The van der Waals surface area contributed by atoms with Crippen LogP contribution in [0.5, 0.6) is 0 Å². The summed E-state index contributed by atoms with van der Waals surface area (Å²) in [6, 6.07) is 15.6. The van der Waals surface area contributed by atoms with Gasteiger partial charge in [0.05, 0.1) is 30.3 Å². The van der Waals surface area contributed by atoms with Crippen LogP contribution in [0.3, 0.4) is 0 Å². The van der Waals surface area contributed by atoms with Gasteiger partial charge in [-0.25, -0.2) is 8.42 Å². The summed E-state index contributed by atoms with van der Waals surface area (Å²) in [7, 11) is -3.62. The number of nitrogens with two attached hydrogens (primary N) is 1. The maximum atomic E-state index is 12.6. The zero-order valence-electron chi connectivity index (χ0n) is 11.5. The van der Waals surface area contributed by atoms with Gasteiger partial charge >= 0.3 is 0 Å². The highest BCUT2D eigenvalue weighted by atomic mass is 32.2. The van der Waals surface area contributed by atoms with Gasteiger partial charge in [-0.15, -0.1) is 0 Å². The minimum absolute atomic E-state index is 0.0244. The monoisotopic (exact) mass is 306 g/mol. The molecule has 0 amide bonds. The lowest BCUT2D eigenvalue weighted by molar-refractivity contribution is 0.306. The molecule has 5 nitrogen and oxygen atoms in total. The van der Waals surface area contributed by atoms with Crippen LogP contribution < -0.4 is 10.0 Å². The fraction of sp³-hybridized carbons (Fsp3) is 0.200. The van der Waals surface area contributed by atoms with Crippen molar-refractivity contribution < 1.29 is 13.5 Å². The number of nitrogens with zero attached hydrogens (tertiary/aromatic N) is 1. The van der Waals surface area contributed by atoms with Gasteiger partial charge in [0.1, 0.15) is 0 Å². The molecule has 0 aliphatic rings. The lowest BCUT2D eigenvalue weighted by Gasteiger charge is -2.25. The van der Waals surface area contributed by atoms with Gasteiger partial charge in [0.2, 0.25) is 10.0 Å². The molecule has 0 fully saturated rings. The van der Waals surface area contributed by atoms with Crippen LogP contribution in [0, 0.1) is 0 Å². The Morgan fingerprint density at radius 2 is 1.62 bits per heavy atom. The van der Waals surface area contributed by atoms with Crippen LogP contribution in [0.2, 0.25) is 0 Å². The first-order valence-corrected chi connectivity index (χ1v) is 8.15. The number of aliphatic hydroxyl groups is 1. The first-order chi connectivity index (χ1) is 10.0. The van der Waals surface area contributed by atoms with E-state index in [1.165, 1.54) is 0 Å². The predicted molar refractivity (Wildman–Crippen MR) is 84.4 cm³/mol. The Balaban J connectivity index is 2.35. The van der Waals surface area contributed by atoms with Crippen LogP contribution in [0.1, 0.15) is 5.56 Å². The van der Waals surface area contributed by atoms with Crippen LogP contribution in [0.15, 0.2) is 54.6 Å². The zero-order chi connectivity index (χ0) is 15.3. The summed E-state index contributed by atoms with van der Waals surface area (Å²) in [6.45, 7) is -0.300. The maximum Gasteiger partial charge on any atom is 0.239 e. The molecule has 0 radical (unpaired) electrons. The lowest BCUT2D eigenvalue weighted by Crippen LogP contribution is -2.35. The van der Waals surface area contributed by atoms with Crippen LogP contribution in [-0.4, -0.2) is 26.7 Å². The van der Waals surface area contributed by atoms with Crippen molar-refractivity contribution in [1.29, 1.82) is 0 Å². The van der Waals surface area contributed by atoms with Crippen molar-refractivity contribution in [3.05, 3.63) is 60.2 Å². The molecule has 0 atom stereocenters. The van der Waals surface area contributed by atoms with Crippen LogP contribution >= 0.6 is 0 Å². The highest BCUT2D eigenvalue weighted by Gasteiger charge is 2.24. The fourth-order valence-electron chi connectivity index (χ4n) is 2.08. The molecule has 2 aromatic carbocycles. The molecule has 3 N–H and O–H groups in total.